The molecule has 100 valence electrons. The van der Waals surface area contributed by atoms with Gasteiger partial charge in [-0.15, -0.1) is 0 Å². The molecule has 0 unspecified atom stereocenters. The summed E-state index contributed by atoms with van der Waals surface area (Å²) in [7, 11) is 0. The first-order chi connectivity index (χ1) is 9.63. The van der Waals surface area contributed by atoms with Crippen LogP contribution in [-0.2, 0) is 6.42 Å². The van der Waals surface area contributed by atoms with Gasteiger partial charge in [0.05, 0.1) is 11.1 Å². The molecule has 5 nitrogen and oxygen atoms in total. The molecule has 1 aliphatic rings. The largest absolute Gasteiger partial charge is 0.478 e. The third-order valence-electron chi connectivity index (χ3n) is 3.58. The molecule has 1 amide bonds. The fourth-order valence-corrected chi connectivity index (χ4v) is 2.72. The number of fused-ring (bicyclic) bond motifs is 3. The van der Waals surface area contributed by atoms with Gasteiger partial charge < -0.3 is 5.11 Å². The summed E-state index contributed by atoms with van der Waals surface area (Å²) in [5.41, 5.74) is 5.87. The van der Waals surface area contributed by atoms with E-state index < -0.39 is 11.9 Å². The number of hydrazine groups is 1. The zero-order valence-corrected chi connectivity index (χ0v) is 10.5. The summed E-state index contributed by atoms with van der Waals surface area (Å²) in [6, 6.07) is 11.0. The van der Waals surface area contributed by atoms with E-state index in [0.29, 0.717) is 12.0 Å². The summed E-state index contributed by atoms with van der Waals surface area (Å²) < 4.78 is 0. The molecule has 1 aliphatic carbocycles. The van der Waals surface area contributed by atoms with Gasteiger partial charge in [0.2, 0.25) is 0 Å². The van der Waals surface area contributed by atoms with Crippen LogP contribution in [-0.4, -0.2) is 17.0 Å². The number of nitrogens with one attached hydrogen (secondary N) is 1. The second-order valence-corrected chi connectivity index (χ2v) is 4.63. The van der Waals surface area contributed by atoms with Crippen LogP contribution in [0.4, 0.5) is 0 Å². The van der Waals surface area contributed by atoms with Crippen LogP contribution >= 0.6 is 0 Å². The molecule has 2 aromatic carbocycles. The van der Waals surface area contributed by atoms with Crippen molar-refractivity contribution in [1.82, 2.24) is 5.43 Å². The molecule has 3 rings (SSSR count). The summed E-state index contributed by atoms with van der Waals surface area (Å²) in [6.07, 6.45) is 0.537. The Morgan fingerprint density at radius 3 is 2.55 bits per heavy atom. The first kappa shape index (κ1) is 12.4. The van der Waals surface area contributed by atoms with Crippen LogP contribution in [0, 0.1) is 0 Å². The summed E-state index contributed by atoms with van der Waals surface area (Å²) in [5.74, 6) is 3.47. The zero-order valence-electron chi connectivity index (χ0n) is 10.5. The van der Waals surface area contributed by atoms with E-state index in [9.17, 15) is 14.7 Å². The lowest BCUT2D eigenvalue weighted by Crippen LogP contribution is -2.32. The average Bonchev–Trinajstić information content (AvgIpc) is 2.83. The predicted octanol–water partition coefficient (Wildman–Crippen LogP) is 1.56. The standard InChI is InChI=1S/C15H12N2O3/c16-17-14(18)13-11(15(19)20)6-5-10-9-4-2-1-3-8(9)7-12(10)13/h1-6H,7,16H2,(H,17,18)(H,19,20). The molecule has 0 spiro atoms. The van der Waals surface area contributed by atoms with Gasteiger partial charge in [0.1, 0.15) is 0 Å². The number of carboxylic acid groups (broad SMARTS) is 1. The van der Waals surface area contributed by atoms with Crippen molar-refractivity contribution in [2.45, 2.75) is 6.42 Å². The van der Waals surface area contributed by atoms with Crippen molar-refractivity contribution in [3.63, 3.8) is 0 Å². The maximum Gasteiger partial charge on any atom is 0.336 e. The highest BCUT2D eigenvalue weighted by atomic mass is 16.4. The highest BCUT2D eigenvalue weighted by molar-refractivity contribution is 6.07. The van der Waals surface area contributed by atoms with Crippen LogP contribution in [0.3, 0.4) is 0 Å². The lowest BCUT2D eigenvalue weighted by Gasteiger charge is -2.10. The van der Waals surface area contributed by atoms with Crippen molar-refractivity contribution in [2.24, 2.45) is 5.84 Å². The van der Waals surface area contributed by atoms with Crippen molar-refractivity contribution < 1.29 is 14.7 Å². The minimum Gasteiger partial charge on any atom is -0.478 e. The van der Waals surface area contributed by atoms with Gasteiger partial charge in [-0.25, -0.2) is 10.6 Å². The van der Waals surface area contributed by atoms with Gasteiger partial charge in [-0.3, -0.25) is 10.2 Å². The number of amides is 1. The van der Waals surface area contributed by atoms with E-state index in [2.05, 4.69) is 0 Å². The molecule has 0 aliphatic heterocycles. The van der Waals surface area contributed by atoms with Crippen LogP contribution < -0.4 is 11.3 Å². The van der Waals surface area contributed by atoms with Gasteiger partial charge in [0.25, 0.3) is 5.91 Å². The number of nitrogen functional groups attached to an aromatic ring is 1. The number of hydrogen-bond donors (Lipinski definition) is 3. The van der Waals surface area contributed by atoms with Gasteiger partial charge in [0, 0.05) is 0 Å². The van der Waals surface area contributed by atoms with Crippen molar-refractivity contribution in [3.8, 4) is 11.1 Å². The molecule has 0 saturated carbocycles. The highest BCUT2D eigenvalue weighted by Gasteiger charge is 2.27. The van der Waals surface area contributed by atoms with Crippen molar-refractivity contribution >= 4 is 11.9 Å². The minimum atomic E-state index is -1.14. The summed E-state index contributed by atoms with van der Waals surface area (Å²) in [5, 5.41) is 9.24. The van der Waals surface area contributed by atoms with Gasteiger partial charge >= 0.3 is 5.97 Å². The second-order valence-electron chi connectivity index (χ2n) is 4.63. The Labute approximate surface area is 115 Å². The SMILES string of the molecule is NNC(=O)c1c(C(=O)O)ccc2c1Cc1ccccc1-2. The molecular weight excluding hydrogens is 256 g/mol. The van der Waals surface area contributed by atoms with Crippen LogP contribution in [0.5, 0.6) is 0 Å². The third kappa shape index (κ3) is 1.68. The fraction of sp³-hybridized carbons (Fsp3) is 0.0667. The molecular formula is C15H12N2O3. The van der Waals surface area contributed by atoms with E-state index in [1.54, 1.807) is 6.07 Å². The maximum atomic E-state index is 12.0. The fourth-order valence-electron chi connectivity index (χ4n) is 2.72. The number of carbonyl (C=O) groups is 2. The minimum absolute atomic E-state index is 0.0282. The Kier molecular flexibility index (Phi) is 2.76. The van der Waals surface area contributed by atoms with Crippen molar-refractivity contribution in [3.05, 3.63) is 58.7 Å². The monoisotopic (exact) mass is 268 g/mol. The number of nitrogens with two attached hydrogens (primary N) is 1. The van der Waals surface area contributed by atoms with Gasteiger partial charge in [-0.2, -0.15) is 0 Å². The van der Waals surface area contributed by atoms with E-state index in [4.69, 9.17) is 5.84 Å². The molecule has 0 radical (unpaired) electrons. The normalized spacial score (nSPS) is 11.7. The molecule has 0 fully saturated rings. The Morgan fingerprint density at radius 1 is 1.10 bits per heavy atom. The Morgan fingerprint density at radius 2 is 1.85 bits per heavy atom. The number of rotatable bonds is 2. The zero-order chi connectivity index (χ0) is 14.3. The summed E-state index contributed by atoms with van der Waals surface area (Å²) in [6.45, 7) is 0. The molecule has 20 heavy (non-hydrogen) atoms. The highest BCUT2D eigenvalue weighted by Crippen LogP contribution is 2.39. The smallest absolute Gasteiger partial charge is 0.336 e. The van der Waals surface area contributed by atoms with Crippen LogP contribution in [0.25, 0.3) is 11.1 Å². The maximum absolute atomic E-state index is 12.0. The van der Waals surface area contributed by atoms with Crippen molar-refractivity contribution in [2.75, 3.05) is 0 Å². The molecule has 0 heterocycles. The first-order valence-electron chi connectivity index (χ1n) is 6.12. The molecule has 0 atom stereocenters. The summed E-state index contributed by atoms with van der Waals surface area (Å²) >= 11 is 0. The number of hydrogen-bond acceptors (Lipinski definition) is 3. The van der Waals surface area contributed by atoms with Crippen LogP contribution in [0.15, 0.2) is 36.4 Å². The Bertz CT molecular complexity index is 738. The van der Waals surface area contributed by atoms with Crippen LogP contribution in [0.1, 0.15) is 31.8 Å². The lowest BCUT2D eigenvalue weighted by molar-refractivity contribution is 0.0691. The van der Waals surface area contributed by atoms with E-state index >= 15 is 0 Å². The van der Waals surface area contributed by atoms with E-state index in [1.165, 1.54) is 6.07 Å². The molecule has 2 aromatic rings. The number of carboxylic acids is 1. The first-order valence-corrected chi connectivity index (χ1v) is 6.12. The quantitative estimate of drug-likeness (QED) is 0.373. The molecule has 4 N–H and O–H groups in total. The van der Waals surface area contributed by atoms with E-state index in [0.717, 1.165) is 16.7 Å². The number of carbonyl (C=O) groups excluding carboxylic acids is 1. The van der Waals surface area contributed by atoms with Gasteiger partial charge in [0.15, 0.2) is 0 Å². The predicted molar refractivity (Wildman–Crippen MR) is 73.3 cm³/mol. The Balaban J connectivity index is 2.28. The number of benzene rings is 2. The summed E-state index contributed by atoms with van der Waals surface area (Å²) in [4.78, 5) is 23.2. The Hall–Kier alpha value is -2.66. The number of aromatic carboxylic acids is 1. The van der Waals surface area contributed by atoms with Crippen molar-refractivity contribution in [1.29, 1.82) is 0 Å². The molecule has 0 bridgehead atoms. The third-order valence-corrected chi connectivity index (χ3v) is 3.58. The molecule has 5 heteroatoms. The van der Waals surface area contributed by atoms with Gasteiger partial charge in [-0.1, -0.05) is 30.3 Å². The van der Waals surface area contributed by atoms with E-state index in [-0.39, 0.29) is 11.1 Å². The van der Waals surface area contributed by atoms with Gasteiger partial charge in [-0.05, 0) is 34.7 Å². The second kappa shape index (κ2) is 4.47. The molecule has 0 aromatic heterocycles. The van der Waals surface area contributed by atoms with Crippen LogP contribution in [0.2, 0.25) is 0 Å². The topological polar surface area (TPSA) is 92.4 Å². The average molecular weight is 268 g/mol. The van der Waals surface area contributed by atoms with E-state index in [1.807, 2.05) is 29.7 Å². The molecule has 0 saturated heterocycles. The lowest BCUT2D eigenvalue weighted by atomic mass is 9.95.